The number of likely N-dealkylation sites (tertiary alicyclic amines) is 1. The molecule has 1 aliphatic rings. The van der Waals surface area contributed by atoms with Crippen molar-refractivity contribution in [3.05, 3.63) is 29.8 Å². The van der Waals surface area contributed by atoms with E-state index in [0.717, 1.165) is 31.5 Å². The van der Waals surface area contributed by atoms with Crippen molar-refractivity contribution in [1.29, 1.82) is 0 Å². The topological polar surface area (TPSA) is 109 Å². The van der Waals surface area contributed by atoms with Gasteiger partial charge in [0.05, 0.1) is 13.1 Å². The number of aliphatic imine (C=N–C) groups is 1. The summed E-state index contributed by atoms with van der Waals surface area (Å²) in [6.07, 6.45) is 2.15. The van der Waals surface area contributed by atoms with Crippen molar-refractivity contribution in [2.24, 2.45) is 10.7 Å². The van der Waals surface area contributed by atoms with E-state index in [2.05, 4.69) is 15.6 Å². The monoisotopic (exact) mass is 361 g/mol. The number of hydrogen-bond acceptors (Lipinski definition) is 4. The van der Waals surface area contributed by atoms with E-state index in [0.29, 0.717) is 24.8 Å². The van der Waals surface area contributed by atoms with Gasteiger partial charge in [0.15, 0.2) is 12.6 Å². The number of benzene rings is 1. The molecule has 1 saturated heterocycles. The second-order valence-corrected chi connectivity index (χ2v) is 6.04. The SMILES string of the molecule is CCNC(=NCc1cccc(OCC(N)=O)c1)NCC(=O)N1CCCC1. The number of amides is 2. The van der Waals surface area contributed by atoms with Crippen LogP contribution in [0, 0.1) is 0 Å². The van der Waals surface area contributed by atoms with Crippen LogP contribution in [-0.4, -0.2) is 55.5 Å². The van der Waals surface area contributed by atoms with Crippen LogP contribution in [0.3, 0.4) is 0 Å². The number of rotatable bonds is 8. The molecule has 0 atom stereocenters. The van der Waals surface area contributed by atoms with Crippen LogP contribution in [0.4, 0.5) is 0 Å². The largest absolute Gasteiger partial charge is 0.484 e. The maximum Gasteiger partial charge on any atom is 0.255 e. The van der Waals surface area contributed by atoms with Gasteiger partial charge in [-0.25, -0.2) is 4.99 Å². The van der Waals surface area contributed by atoms with Crippen molar-refractivity contribution < 1.29 is 14.3 Å². The Bertz CT molecular complexity index is 641. The van der Waals surface area contributed by atoms with Gasteiger partial charge in [-0.05, 0) is 37.5 Å². The minimum Gasteiger partial charge on any atom is -0.484 e. The normalized spacial score (nSPS) is 14.2. The number of primary amides is 1. The fraction of sp³-hybridized carbons (Fsp3) is 0.500. The summed E-state index contributed by atoms with van der Waals surface area (Å²) in [5, 5.41) is 6.21. The molecule has 0 radical (unpaired) electrons. The standard InChI is InChI=1S/C18H27N5O3/c1-2-20-18(22-12-17(25)23-8-3-4-9-23)21-11-14-6-5-7-15(10-14)26-13-16(19)24/h5-7,10H,2-4,8-9,11-13H2,1H3,(H2,19,24)(H2,20,21,22). The molecule has 0 spiro atoms. The molecule has 142 valence electrons. The molecular weight excluding hydrogens is 334 g/mol. The van der Waals surface area contributed by atoms with Crippen molar-refractivity contribution in [3.63, 3.8) is 0 Å². The summed E-state index contributed by atoms with van der Waals surface area (Å²) in [6, 6.07) is 7.32. The number of nitrogens with one attached hydrogen (secondary N) is 2. The molecule has 1 aromatic carbocycles. The summed E-state index contributed by atoms with van der Waals surface area (Å²) in [6.45, 7) is 4.84. The predicted molar refractivity (Wildman–Crippen MR) is 99.8 cm³/mol. The maximum atomic E-state index is 12.1. The lowest BCUT2D eigenvalue weighted by molar-refractivity contribution is -0.128. The summed E-state index contributed by atoms with van der Waals surface area (Å²) in [7, 11) is 0. The van der Waals surface area contributed by atoms with Gasteiger partial charge in [0, 0.05) is 19.6 Å². The number of hydrogen-bond donors (Lipinski definition) is 3. The molecule has 0 aliphatic carbocycles. The molecule has 26 heavy (non-hydrogen) atoms. The van der Waals surface area contributed by atoms with E-state index >= 15 is 0 Å². The zero-order chi connectivity index (χ0) is 18.8. The van der Waals surface area contributed by atoms with Crippen molar-refractivity contribution in [2.75, 3.05) is 32.8 Å². The van der Waals surface area contributed by atoms with Crippen LogP contribution in [0.5, 0.6) is 5.75 Å². The molecule has 8 nitrogen and oxygen atoms in total. The second-order valence-electron chi connectivity index (χ2n) is 6.04. The van der Waals surface area contributed by atoms with E-state index in [1.165, 1.54) is 0 Å². The first-order valence-corrected chi connectivity index (χ1v) is 8.88. The highest BCUT2D eigenvalue weighted by Gasteiger charge is 2.17. The average molecular weight is 361 g/mol. The van der Waals surface area contributed by atoms with Gasteiger partial charge in [-0.15, -0.1) is 0 Å². The number of carbonyl (C=O) groups excluding carboxylic acids is 2. The first-order valence-electron chi connectivity index (χ1n) is 8.88. The number of carbonyl (C=O) groups is 2. The van der Waals surface area contributed by atoms with Gasteiger partial charge in [-0.1, -0.05) is 12.1 Å². The Morgan fingerprint density at radius 2 is 2.04 bits per heavy atom. The van der Waals surface area contributed by atoms with Crippen LogP contribution in [-0.2, 0) is 16.1 Å². The van der Waals surface area contributed by atoms with Crippen molar-refractivity contribution in [2.45, 2.75) is 26.3 Å². The van der Waals surface area contributed by atoms with Gasteiger partial charge in [-0.2, -0.15) is 0 Å². The highest BCUT2D eigenvalue weighted by atomic mass is 16.5. The van der Waals surface area contributed by atoms with E-state index < -0.39 is 5.91 Å². The van der Waals surface area contributed by atoms with E-state index in [1.54, 1.807) is 6.07 Å². The minimum atomic E-state index is -0.519. The molecule has 4 N–H and O–H groups in total. The van der Waals surface area contributed by atoms with Crippen LogP contribution >= 0.6 is 0 Å². The minimum absolute atomic E-state index is 0.0925. The molecule has 1 heterocycles. The molecule has 1 aromatic rings. The molecule has 2 rings (SSSR count). The second kappa shape index (κ2) is 10.3. The van der Waals surface area contributed by atoms with Gasteiger partial charge in [0.1, 0.15) is 5.75 Å². The lowest BCUT2D eigenvalue weighted by atomic mass is 10.2. The number of nitrogens with two attached hydrogens (primary N) is 1. The van der Waals surface area contributed by atoms with Crippen molar-refractivity contribution >= 4 is 17.8 Å². The number of nitrogens with zero attached hydrogens (tertiary/aromatic N) is 2. The van der Waals surface area contributed by atoms with Crippen LogP contribution in [0.25, 0.3) is 0 Å². The quantitative estimate of drug-likeness (QED) is 0.454. The van der Waals surface area contributed by atoms with Gasteiger partial charge >= 0.3 is 0 Å². The smallest absolute Gasteiger partial charge is 0.255 e. The number of ether oxygens (including phenoxy) is 1. The average Bonchev–Trinajstić information content (AvgIpc) is 3.17. The summed E-state index contributed by atoms with van der Waals surface area (Å²) in [5.41, 5.74) is 6.01. The zero-order valence-electron chi connectivity index (χ0n) is 15.2. The molecule has 8 heteroatoms. The Morgan fingerprint density at radius 3 is 2.73 bits per heavy atom. The summed E-state index contributed by atoms with van der Waals surface area (Å²) >= 11 is 0. The van der Waals surface area contributed by atoms with Gasteiger partial charge in [0.2, 0.25) is 5.91 Å². The molecule has 2 amide bonds. The molecule has 0 aromatic heterocycles. The summed E-state index contributed by atoms with van der Waals surface area (Å²) < 4.78 is 5.29. The van der Waals surface area contributed by atoms with Gasteiger partial charge < -0.3 is 26.0 Å². The van der Waals surface area contributed by atoms with Crippen LogP contribution in [0.2, 0.25) is 0 Å². The third kappa shape index (κ3) is 6.62. The molecule has 1 fully saturated rings. The highest BCUT2D eigenvalue weighted by molar-refractivity contribution is 5.86. The van der Waals surface area contributed by atoms with Gasteiger partial charge in [-0.3, -0.25) is 9.59 Å². The van der Waals surface area contributed by atoms with Crippen molar-refractivity contribution in [1.82, 2.24) is 15.5 Å². The highest BCUT2D eigenvalue weighted by Crippen LogP contribution is 2.14. The lowest BCUT2D eigenvalue weighted by Crippen LogP contribution is -2.44. The van der Waals surface area contributed by atoms with Crippen LogP contribution in [0.15, 0.2) is 29.3 Å². The first kappa shape index (κ1) is 19.6. The third-order valence-electron chi connectivity index (χ3n) is 3.91. The fourth-order valence-corrected chi connectivity index (χ4v) is 2.64. The van der Waals surface area contributed by atoms with Crippen LogP contribution in [0.1, 0.15) is 25.3 Å². The van der Waals surface area contributed by atoms with E-state index in [9.17, 15) is 9.59 Å². The zero-order valence-corrected chi connectivity index (χ0v) is 15.2. The Kier molecular flexibility index (Phi) is 7.73. The molecule has 0 saturated carbocycles. The predicted octanol–water partition coefficient (Wildman–Crippen LogP) is 0.228. The molecule has 0 bridgehead atoms. The summed E-state index contributed by atoms with van der Waals surface area (Å²) in [5.74, 6) is 0.729. The van der Waals surface area contributed by atoms with Crippen LogP contribution < -0.4 is 21.1 Å². The number of guanidine groups is 1. The Morgan fingerprint density at radius 1 is 1.27 bits per heavy atom. The third-order valence-corrected chi connectivity index (χ3v) is 3.91. The lowest BCUT2D eigenvalue weighted by Gasteiger charge is -2.17. The molecular formula is C18H27N5O3. The Hall–Kier alpha value is -2.77. The Labute approximate surface area is 153 Å². The van der Waals surface area contributed by atoms with E-state index in [1.807, 2.05) is 30.0 Å². The van der Waals surface area contributed by atoms with Crippen molar-refractivity contribution in [3.8, 4) is 5.75 Å². The first-order chi connectivity index (χ1) is 12.6. The Balaban J connectivity index is 1.90. The van der Waals surface area contributed by atoms with Gasteiger partial charge in [0.25, 0.3) is 5.91 Å². The fourth-order valence-electron chi connectivity index (χ4n) is 2.64. The maximum absolute atomic E-state index is 12.1. The van der Waals surface area contributed by atoms with E-state index in [4.69, 9.17) is 10.5 Å². The summed E-state index contributed by atoms with van der Waals surface area (Å²) in [4.78, 5) is 29.3. The van der Waals surface area contributed by atoms with E-state index in [-0.39, 0.29) is 19.1 Å². The molecule has 0 unspecified atom stereocenters. The molecule has 1 aliphatic heterocycles.